The van der Waals surface area contributed by atoms with Crippen LogP contribution in [0.3, 0.4) is 0 Å². The average molecular weight is 263 g/mol. The van der Waals surface area contributed by atoms with Gasteiger partial charge >= 0.3 is 0 Å². The van der Waals surface area contributed by atoms with E-state index in [-0.39, 0.29) is 0 Å². The van der Waals surface area contributed by atoms with Crippen LogP contribution in [0.2, 0.25) is 0 Å². The van der Waals surface area contributed by atoms with Gasteiger partial charge < -0.3 is 15.5 Å². The van der Waals surface area contributed by atoms with Gasteiger partial charge in [0.15, 0.2) is 0 Å². The summed E-state index contributed by atoms with van der Waals surface area (Å²) in [5.74, 6) is 2.29. The summed E-state index contributed by atoms with van der Waals surface area (Å²) in [6, 6.07) is 0. The van der Waals surface area contributed by atoms with Crippen molar-refractivity contribution in [3.63, 3.8) is 0 Å². The van der Waals surface area contributed by atoms with Crippen LogP contribution in [0.25, 0.3) is 0 Å². The van der Waals surface area contributed by atoms with Gasteiger partial charge in [0.2, 0.25) is 0 Å². The van der Waals surface area contributed by atoms with Crippen molar-refractivity contribution in [3.8, 4) is 0 Å². The van der Waals surface area contributed by atoms with Crippen molar-refractivity contribution in [2.45, 2.75) is 32.6 Å². The normalized spacial score (nSPS) is 16.0. The summed E-state index contributed by atoms with van der Waals surface area (Å²) < 4.78 is 0. The minimum atomic E-state index is 0.401. The third kappa shape index (κ3) is 3.56. The van der Waals surface area contributed by atoms with Crippen molar-refractivity contribution in [3.05, 3.63) is 11.9 Å². The Morgan fingerprint density at radius 2 is 1.89 bits per heavy atom. The molecular formula is C14H25N5. The standard InChI is InChI=1S/C14H25N5/c1-11(2)12-13(15-3)17-10-18-14(12)16-6-9-19-7-4-5-8-19/h10-11H,4-9H2,1-3H3,(H2,15,16,17,18). The zero-order valence-corrected chi connectivity index (χ0v) is 12.2. The predicted octanol–water partition coefficient (Wildman–Crippen LogP) is 2.15. The second kappa shape index (κ2) is 6.70. The minimum Gasteiger partial charge on any atom is -0.373 e. The van der Waals surface area contributed by atoms with Crippen LogP contribution in [0.15, 0.2) is 6.33 Å². The molecule has 1 aliphatic heterocycles. The van der Waals surface area contributed by atoms with Crippen molar-refractivity contribution in [1.29, 1.82) is 0 Å². The highest BCUT2D eigenvalue weighted by molar-refractivity contribution is 5.58. The van der Waals surface area contributed by atoms with Crippen LogP contribution in [0.5, 0.6) is 0 Å². The summed E-state index contributed by atoms with van der Waals surface area (Å²) in [6.45, 7) is 8.86. The summed E-state index contributed by atoms with van der Waals surface area (Å²) in [5, 5.41) is 6.61. The summed E-state index contributed by atoms with van der Waals surface area (Å²) in [5.41, 5.74) is 1.17. The van der Waals surface area contributed by atoms with E-state index in [1.165, 1.54) is 31.5 Å². The molecule has 0 saturated carbocycles. The van der Waals surface area contributed by atoms with E-state index in [2.05, 4.69) is 39.3 Å². The Balaban J connectivity index is 1.98. The molecule has 1 fully saturated rings. The molecule has 5 heteroatoms. The first-order valence-electron chi connectivity index (χ1n) is 7.21. The molecule has 0 unspecified atom stereocenters. The smallest absolute Gasteiger partial charge is 0.135 e. The van der Waals surface area contributed by atoms with Gasteiger partial charge in [-0.3, -0.25) is 0 Å². The molecule has 1 aromatic rings. The Morgan fingerprint density at radius 3 is 2.53 bits per heavy atom. The van der Waals surface area contributed by atoms with Crippen LogP contribution in [0.1, 0.15) is 38.2 Å². The summed E-state index contributed by atoms with van der Waals surface area (Å²) in [4.78, 5) is 11.2. The molecule has 2 heterocycles. The molecule has 0 amide bonds. The second-order valence-electron chi connectivity index (χ2n) is 5.36. The first-order valence-corrected chi connectivity index (χ1v) is 7.21. The van der Waals surface area contributed by atoms with Gasteiger partial charge in [-0.25, -0.2) is 9.97 Å². The van der Waals surface area contributed by atoms with E-state index < -0.39 is 0 Å². The Labute approximate surface area is 115 Å². The lowest BCUT2D eigenvalue weighted by Crippen LogP contribution is -2.26. The number of likely N-dealkylation sites (tertiary alicyclic amines) is 1. The van der Waals surface area contributed by atoms with E-state index in [1.807, 2.05) is 7.05 Å². The van der Waals surface area contributed by atoms with Crippen LogP contribution >= 0.6 is 0 Å². The fourth-order valence-corrected chi connectivity index (χ4v) is 2.62. The third-order valence-electron chi connectivity index (χ3n) is 3.62. The van der Waals surface area contributed by atoms with E-state index in [1.54, 1.807) is 6.33 Å². The number of nitrogens with one attached hydrogen (secondary N) is 2. The zero-order chi connectivity index (χ0) is 13.7. The molecule has 106 valence electrons. The van der Waals surface area contributed by atoms with Crippen molar-refractivity contribution < 1.29 is 0 Å². The predicted molar refractivity (Wildman–Crippen MR) is 79.8 cm³/mol. The fraction of sp³-hybridized carbons (Fsp3) is 0.714. The number of aromatic nitrogens is 2. The molecule has 0 aliphatic carbocycles. The Hall–Kier alpha value is -1.36. The number of rotatable bonds is 6. The third-order valence-corrected chi connectivity index (χ3v) is 3.62. The highest BCUT2D eigenvalue weighted by Gasteiger charge is 2.15. The van der Waals surface area contributed by atoms with Gasteiger partial charge in [0, 0.05) is 25.7 Å². The molecule has 0 aromatic carbocycles. The molecule has 19 heavy (non-hydrogen) atoms. The van der Waals surface area contributed by atoms with Gasteiger partial charge in [0.1, 0.15) is 18.0 Å². The van der Waals surface area contributed by atoms with Crippen LogP contribution in [-0.2, 0) is 0 Å². The molecule has 1 aromatic heterocycles. The molecule has 0 bridgehead atoms. The lowest BCUT2D eigenvalue weighted by molar-refractivity contribution is 0.352. The molecule has 2 rings (SSSR count). The highest BCUT2D eigenvalue weighted by atomic mass is 15.2. The van der Waals surface area contributed by atoms with Crippen LogP contribution < -0.4 is 10.6 Å². The molecule has 0 radical (unpaired) electrons. The van der Waals surface area contributed by atoms with E-state index in [0.717, 1.165) is 24.7 Å². The Morgan fingerprint density at radius 1 is 1.21 bits per heavy atom. The quantitative estimate of drug-likeness (QED) is 0.823. The number of nitrogens with zero attached hydrogens (tertiary/aromatic N) is 3. The highest BCUT2D eigenvalue weighted by Crippen LogP contribution is 2.27. The molecule has 1 saturated heterocycles. The van der Waals surface area contributed by atoms with E-state index in [4.69, 9.17) is 0 Å². The van der Waals surface area contributed by atoms with Crippen LogP contribution in [0, 0.1) is 0 Å². The maximum absolute atomic E-state index is 4.39. The second-order valence-corrected chi connectivity index (χ2v) is 5.36. The van der Waals surface area contributed by atoms with Crippen molar-refractivity contribution in [1.82, 2.24) is 14.9 Å². The van der Waals surface area contributed by atoms with Crippen molar-refractivity contribution in [2.75, 3.05) is 43.9 Å². The van der Waals surface area contributed by atoms with Gasteiger partial charge in [0.25, 0.3) is 0 Å². The topological polar surface area (TPSA) is 53.1 Å². The number of anilines is 2. The van der Waals surface area contributed by atoms with Crippen LogP contribution in [-0.4, -0.2) is 48.1 Å². The summed E-state index contributed by atoms with van der Waals surface area (Å²) in [6.07, 6.45) is 4.30. The average Bonchev–Trinajstić information content (AvgIpc) is 2.91. The molecule has 0 spiro atoms. The minimum absolute atomic E-state index is 0.401. The van der Waals surface area contributed by atoms with E-state index >= 15 is 0 Å². The van der Waals surface area contributed by atoms with Gasteiger partial charge in [-0.1, -0.05) is 13.8 Å². The lowest BCUT2D eigenvalue weighted by atomic mass is 10.0. The van der Waals surface area contributed by atoms with E-state index in [0.29, 0.717) is 5.92 Å². The Kier molecular flexibility index (Phi) is 4.96. The van der Waals surface area contributed by atoms with Gasteiger partial charge in [0.05, 0.1) is 0 Å². The fourth-order valence-electron chi connectivity index (χ4n) is 2.62. The summed E-state index contributed by atoms with van der Waals surface area (Å²) >= 11 is 0. The van der Waals surface area contributed by atoms with Gasteiger partial charge in [-0.15, -0.1) is 0 Å². The van der Waals surface area contributed by atoms with Crippen LogP contribution in [0.4, 0.5) is 11.6 Å². The maximum Gasteiger partial charge on any atom is 0.135 e. The monoisotopic (exact) mass is 263 g/mol. The summed E-state index contributed by atoms with van der Waals surface area (Å²) in [7, 11) is 1.90. The van der Waals surface area contributed by atoms with Gasteiger partial charge in [-0.2, -0.15) is 0 Å². The first kappa shape index (κ1) is 14.1. The van der Waals surface area contributed by atoms with E-state index in [9.17, 15) is 0 Å². The molecular weight excluding hydrogens is 238 g/mol. The maximum atomic E-state index is 4.39. The van der Waals surface area contributed by atoms with Gasteiger partial charge in [-0.05, 0) is 31.8 Å². The molecule has 1 aliphatic rings. The lowest BCUT2D eigenvalue weighted by Gasteiger charge is -2.19. The first-order chi connectivity index (χ1) is 9.22. The van der Waals surface area contributed by atoms with Crippen molar-refractivity contribution >= 4 is 11.6 Å². The number of hydrogen-bond donors (Lipinski definition) is 2. The molecule has 2 N–H and O–H groups in total. The SMILES string of the molecule is CNc1ncnc(NCCN2CCCC2)c1C(C)C. The number of hydrogen-bond acceptors (Lipinski definition) is 5. The largest absolute Gasteiger partial charge is 0.373 e. The molecule has 5 nitrogen and oxygen atoms in total. The zero-order valence-electron chi connectivity index (χ0n) is 12.2. The molecule has 0 atom stereocenters. The Bertz CT molecular complexity index is 399. The van der Waals surface area contributed by atoms with Crippen molar-refractivity contribution in [2.24, 2.45) is 0 Å².